The van der Waals surface area contributed by atoms with Gasteiger partial charge in [0, 0.05) is 12.4 Å². The molecule has 0 aromatic carbocycles. The lowest BCUT2D eigenvalue weighted by atomic mass is 10.2. The number of aromatic amines is 1. The number of carbonyl (C=O) groups is 2. The molecular formula is C6H6N2O2. The Bertz CT molecular complexity index is 210. The van der Waals surface area contributed by atoms with E-state index in [4.69, 9.17) is 0 Å². The van der Waals surface area contributed by atoms with E-state index in [1.165, 1.54) is 6.20 Å². The summed E-state index contributed by atoms with van der Waals surface area (Å²) in [6.07, 6.45) is 4.16. The van der Waals surface area contributed by atoms with Crippen LogP contribution in [0.25, 0.3) is 0 Å². The van der Waals surface area contributed by atoms with E-state index in [2.05, 4.69) is 9.97 Å². The van der Waals surface area contributed by atoms with Gasteiger partial charge in [-0.2, -0.15) is 0 Å². The van der Waals surface area contributed by atoms with Gasteiger partial charge in [0.2, 0.25) is 0 Å². The first-order valence-corrected chi connectivity index (χ1v) is 2.78. The Hall–Kier alpha value is -1.45. The second-order valence-corrected chi connectivity index (χ2v) is 1.77. The van der Waals surface area contributed by atoms with Gasteiger partial charge in [-0.15, -0.1) is 0 Å². The van der Waals surface area contributed by atoms with E-state index in [9.17, 15) is 9.59 Å². The Morgan fingerprint density at radius 2 is 2.20 bits per heavy atom. The summed E-state index contributed by atoms with van der Waals surface area (Å²) in [4.78, 5) is 26.7. The van der Waals surface area contributed by atoms with E-state index in [1.54, 1.807) is 6.20 Å². The van der Waals surface area contributed by atoms with Gasteiger partial charge in [-0.1, -0.05) is 0 Å². The molecule has 0 radical (unpaired) electrons. The van der Waals surface area contributed by atoms with Gasteiger partial charge in [0.05, 0.1) is 0 Å². The van der Waals surface area contributed by atoms with Crippen LogP contribution in [-0.4, -0.2) is 22.5 Å². The molecule has 0 unspecified atom stereocenters. The van der Waals surface area contributed by atoms with Gasteiger partial charge in [-0.25, -0.2) is 4.98 Å². The fourth-order valence-corrected chi connectivity index (χ4v) is 0.621. The molecule has 0 amide bonds. The van der Waals surface area contributed by atoms with Crippen molar-refractivity contribution < 1.29 is 9.59 Å². The van der Waals surface area contributed by atoms with Crippen LogP contribution in [0, 0.1) is 0 Å². The number of aromatic nitrogens is 2. The van der Waals surface area contributed by atoms with Gasteiger partial charge in [-0.3, -0.25) is 0 Å². The number of carbonyl (C=O) groups excluding carboxylic acids is 2. The SMILES string of the molecule is O=CC(C=O)c1ncc[nH]1. The summed E-state index contributed by atoms with van der Waals surface area (Å²) in [5.41, 5.74) is 0. The lowest BCUT2D eigenvalue weighted by molar-refractivity contribution is -0.116. The lowest BCUT2D eigenvalue weighted by Crippen LogP contribution is -2.02. The standard InChI is InChI=1S/C6H6N2O2/c9-3-5(4-10)6-7-1-2-8-6/h1-5H,(H,7,8). The summed E-state index contributed by atoms with van der Waals surface area (Å²) >= 11 is 0. The zero-order chi connectivity index (χ0) is 7.40. The van der Waals surface area contributed by atoms with E-state index in [-0.39, 0.29) is 0 Å². The van der Waals surface area contributed by atoms with Gasteiger partial charge in [0.1, 0.15) is 24.3 Å². The molecule has 0 spiro atoms. The predicted molar refractivity (Wildman–Crippen MR) is 33.5 cm³/mol. The van der Waals surface area contributed by atoms with Gasteiger partial charge >= 0.3 is 0 Å². The lowest BCUT2D eigenvalue weighted by Gasteiger charge is -1.93. The summed E-state index contributed by atoms with van der Waals surface area (Å²) < 4.78 is 0. The van der Waals surface area contributed by atoms with E-state index in [0.29, 0.717) is 18.4 Å². The van der Waals surface area contributed by atoms with Gasteiger partial charge in [0.15, 0.2) is 0 Å². The van der Waals surface area contributed by atoms with Gasteiger partial charge in [0.25, 0.3) is 0 Å². The number of hydrogen-bond acceptors (Lipinski definition) is 3. The van der Waals surface area contributed by atoms with Crippen LogP contribution in [0.5, 0.6) is 0 Å². The Morgan fingerprint density at radius 3 is 2.60 bits per heavy atom. The molecule has 52 valence electrons. The number of rotatable bonds is 3. The summed E-state index contributed by atoms with van der Waals surface area (Å²) in [5.74, 6) is -0.347. The van der Waals surface area contributed by atoms with Crippen molar-refractivity contribution in [3.8, 4) is 0 Å². The minimum Gasteiger partial charge on any atom is -0.348 e. The predicted octanol–water partition coefficient (Wildman–Crippen LogP) is -0.109. The first-order valence-electron chi connectivity index (χ1n) is 2.78. The number of H-pyrrole nitrogens is 1. The molecule has 1 N–H and O–H groups in total. The Labute approximate surface area is 57.3 Å². The molecule has 0 aliphatic carbocycles. The molecule has 1 rings (SSSR count). The zero-order valence-corrected chi connectivity index (χ0v) is 5.15. The minimum absolute atomic E-state index is 0.394. The molecule has 0 fully saturated rings. The largest absolute Gasteiger partial charge is 0.348 e. The molecule has 4 heteroatoms. The average Bonchev–Trinajstić information content (AvgIpc) is 2.43. The second kappa shape index (κ2) is 2.91. The van der Waals surface area contributed by atoms with Crippen molar-refractivity contribution in [3.63, 3.8) is 0 Å². The molecule has 4 nitrogen and oxygen atoms in total. The normalized spacial score (nSPS) is 9.70. The molecule has 0 atom stereocenters. The van der Waals surface area contributed by atoms with E-state index < -0.39 is 5.92 Å². The monoisotopic (exact) mass is 138 g/mol. The van der Waals surface area contributed by atoms with Crippen LogP contribution >= 0.6 is 0 Å². The number of imidazole rings is 1. The van der Waals surface area contributed by atoms with Crippen LogP contribution in [-0.2, 0) is 9.59 Å². The molecule has 1 aromatic heterocycles. The smallest absolute Gasteiger partial charge is 0.137 e. The molecule has 0 aliphatic heterocycles. The van der Waals surface area contributed by atoms with Crippen molar-refractivity contribution in [1.82, 2.24) is 9.97 Å². The van der Waals surface area contributed by atoms with E-state index in [1.807, 2.05) is 0 Å². The maximum absolute atomic E-state index is 10.1. The van der Waals surface area contributed by atoms with Crippen molar-refractivity contribution in [2.45, 2.75) is 5.92 Å². The van der Waals surface area contributed by atoms with Crippen molar-refractivity contribution in [2.75, 3.05) is 0 Å². The zero-order valence-electron chi connectivity index (χ0n) is 5.15. The highest BCUT2D eigenvalue weighted by Gasteiger charge is 2.09. The van der Waals surface area contributed by atoms with E-state index >= 15 is 0 Å². The Morgan fingerprint density at radius 1 is 1.50 bits per heavy atom. The highest BCUT2D eigenvalue weighted by molar-refractivity contribution is 5.83. The maximum Gasteiger partial charge on any atom is 0.137 e. The van der Waals surface area contributed by atoms with Crippen LogP contribution in [0.1, 0.15) is 11.7 Å². The maximum atomic E-state index is 10.1. The van der Waals surface area contributed by atoms with Crippen LogP contribution in [0.3, 0.4) is 0 Å². The van der Waals surface area contributed by atoms with Crippen LogP contribution < -0.4 is 0 Å². The quantitative estimate of drug-likeness (QED) is 0.468. The molecule has 0 aliphatic rings. The molecule has 1 heterocycles. The summed E-state index contributed by atoms with van der Waals surface area (Å²) in [7, 11) is 0. The fraction of sp³-hybridized carbons (Fsp3) is 0.167. The summed E-state index contributed by atoms with van der Waals surface area (Å²) in [5, 5.41) is 0. The third-order valence-electron chi connectivity index (χ3n) is 1.13. The second-order valence-electron chi connectivity index (χ2n) is 1.77. The number of aldehydes is 2. The van der Waals surface area contributed by atoms with Crippen LogP contribution in [0.15, 0.2) is 12.4 Å². The summed E-state index contributed by atoms with van der Waals surface area (Å²) in [6.45, 7) is 0. The van der Waals surface area contributed by atoms with Crippen LogP contribution in [0.4, 0.5) is 0 Å². The number of nitrogens with one attached hydrogen (secondary N) is 1. The fourth-order valence-electron chi connectivity index (χ4n) is 0.621. The Kier molecular flexibility index (Phi) is 1.94. The minimum atomic E-state index is -0.741. The first-order chi connectivity index (χ1) is 4.88. The van der Waals surface area contributed by atoms with Gasteiger partial charge in [-0.05, 0) is 0 Å². The third kappa shape index (κ3) is 1.10. The van der Waals surface area contributed by atoms with Crippen molar-refractivity contribution >= 4 is 12.6 Å². The van der Waals surface area contributed by atoms with Crippen molar-refractivity contribution in [3.05, 3.63) is 18.2 Å². The highest BCUT2D eigenvalue weighted by Crippen LogP contribution is 2.02. The molecule has 0 saturated heterocycles. The molecule has 0 saturated carbocycles. The topological polar surface area (TPSA) is 62.8 Å². The van der Waals surface area contributed by atoms with Crippen molar-refractivity contribution in [1.29, 1.82) is 0 Å². The van der Waals surface area contributed by atoms with Crippen molar-refractivity contribution in [2.24, 2.45) is 0 Å². The first kappa shape index (κ1) is 6.67. The molecule has 10 heavy (non-hydrogen) atoms. The van der Waals surface area contributed by atoms with Gasteiger partial charge < -0.3 is 14.6 Å². The Balaban J connectivity index is 2.82. The number of hydrogen-bond donors (Lipinski definition) is 1. The van der Waals surface area contributed by atoms with Crippen LogP contribution in [0.2, 0.25) is 0 Å². The molecular weight excluding hydrogens is 132 g/mol. The highest BCUT2D eigenvalue weighted by atomic mass is 16.1. The van der Waals surface area contributed by atoms with E-state index in [0.717, 1.165) is 0 Å². The molecule has 1 aromatic rings. The number of nitrogens with zero attached hydrogens (tertiary/aromatic N) is 1. The molecule has 0 bridgehead atoms. The average molecular weight is 138 g/mol. The third-order valence-corrected chi connectivity index (χ3v) is 1.13. The summed E-state index contributed by atoms with van der Waals surface area (Å²) in [6, 6.07) is 0.